The molecule has 1 aromatic carbocycles. The van der Waals surface area contributed by atoms with Gasteiger partial charge in [-0.2, -0.15) is 0 Å². The summed E-state index contributed by atoms with van der Waals surface area (Å²) in [5.74, 6) is -5.58. The number of carbonyl (C=O) groups excluding carboxylic acids is 1. The van der Waals surface area contributed by atoms with Crippen molar-refractivity contribution in [3.63, 3.8) is 0 Å². The Hall–Kier alpha value is -2.09. The van der Waals surface area contributed by atoms with E-state index in [0.29, 0.717) is 0 Å². The molecule has 2 rings (SSSR count). The minimum atomic E-state index is -1.64. The molecule has 8 heteroatoms. The van der Waals surface area contributed by atoms with Gasteiger partial charge in [0.1, 0.15) is 6.61 Å². The molecule has 2 N–H and O–H groups in total. The van der Waals surface area contributed by atoms with Gasteiger partial charge < -0.3 is 4.74 Å². The Morgan fingerprint density at radius 1 is 1.39 bits per heavy atom. The molecule has 0 saturated carbocycles. The molecule has 1 aliphatic rings. The monoisotopic (exact) mass is 260 g/mol. The van der Waals surface area contributed by atoms with Gasteiger partial charge in [-0.15, -0.1) is 0 Å². The van der Waals surface area contributed by atoms with Gasteiger partial charge in [-0.25, -0.2) is 23.6 Å². The topological polar surface area (TPSA) is 70.9 Å². The van der Waals surface area contributed by atoms with E-state index in [1.165, 1.54) is 5.48 Å². The van der Waals surface area contributed by atoms with Gasteiger partial charge in [0, 0.05) is 0 Å². The van der Waals surface area contributed by atoms with Crippen LogP contribution in [0.1, 0.15) is 5.56 Å². The zero-order valence-electron chi connectivity index (χ0n) is 8.78. The standard InChI is InChI=1S/C10H7F3N2O3/c11-5-2-1-4(7(12)8(5)13)10-14-6(3-18-10)9(16)15-17/h1-2,6,17H,3H2,(H,15,16)/t6-/m1/s1. The van der Waals surface area contributed by atoms with Crippen molar-refractivity contribution < 1.29 is 27.9 Å². The van der Waals surface area contributed by atoms with Crippen LogP contribution in [-0.4, -0.2) is 29.7 Å². The number of hydrogen-bond acceptors (Lipinski definition) is 4. The van der Waals surface area contributed by atoms with Crippen LogP contribution in [-0.2, 0) is 9.53 Å². The highest BCUT2D eigenvalue weighted by molar-refractivity contribution is 5.98. The van der Waals surface area contributed by atoms with Crippen LogP contribution >= 0.6 is 0 Å². The number of carbonyl (C=O) groups is 1. The summed E-state index contributed by atoms with van der Waals surface area (Å²) in [5, 5.41) is 8.38. The number of rotatable bonds is 2. The second-order valence-electron chi connectivity index (χ2n) is 3.46. The van der Waals surface area contributed by atoms with E-state index < -0.39 is 29.4 Å². The van der Waals surface area contributed by atoms with Crippen LogP contribution in [0.25, 0.3) is 0 Å². The van der Waals surface area contributed by atoms with E-state index >= 15 is 0 Å². The van der Waals surface area contributed by atoms with Crippen LogP contribution in [0.2, 0.25) is 0 Å². The second kappa shape index (κ2) is 4.65. The molecule has 1 atom stereocenters. The third-order valence-electron chi connectivity index (χ3n) is 2.33. The predicted octanol–water partition coefficient (Wildman–Crippen LogP) is 0.755. The third kappa shape index (κ3) is 2.02. The van der Waals surface area contributed by atoms with Crippen molar-refractivity contribution in [2.75, 3.05) is 6.61 Å². The number of hydrogen-bond donors (Lipinski definition) is 2. The molecule has 0 aromatic heterocycles. The van der Waals surface area contributed by atoms with Crippen molar-refractivity contribution in [3.8, 4) is 0 Å². The Morgan fingerprint density at radius 3 is 2.78 bits per heavy atom. The van der Waals surface area contributed by atoms with Gasteiger partial charge in [0.05, 0.1) is 5.56 Å². The average Bonchev–Trinajstić information content (AvgIpc) is 2.84. The molecule has 0 saturated heterocycles. The average molecular weight is 260 g/mol. The number of hydroxylamine groups is 1. The Kier molecular flexibility index (Phi) is 3.19. The predicted molar refractivity (Wildman–Crippen MR) is 52.5 cm³/mol. The molecule has 0 fully saturated rings. The van der Waals surface area contributed by atoms with Gasteiger partial charge in [0.25, 0.3) is 5.91 Å². The second-order valence-corrected chi connectivity index (χ2v) is 3.46. The van der Waals surface area contributed by atoms with Crippen LogP contribution in [0.5, 0.6) is 0 Å². The summed E-state index contributed by atoms with van der Waals surface area (Å²) in [6, 6.07) is 0.614. The molecule has 18 heavy (non-hydrogen) atoms. The van der Waals surface area contributed by atoms with E-state index in [1.54, 1.807) is 0 Å². The van der Waals surface area contributed by atoms with Crippen molar-refractivity contribution >= 4 is 11.8 Å². The molecular weight excluding hydrogens is 253 g/mol. The van der Waals surface area contributed by atoms with Gasteiger partial charge in [0.2, 0.25) is 5.90 Å². The SMILES string of the molecule is O=C(NO)[C@H]1COC(c2ccc(F)c(F)c2F)=N1. The fourth-order valence-electron chi connectivity index (χ4n) is 1.42. The molecule has 1 heterocycles. The number of ether oxygens (including phenoxy) is 1. The lowest BCUT2D eigenvalue weighted by Gasteiger charge is -2.03. The van der Waals surface area contributed by atoms with Crippen molar-refractivity contribution in [2.24, 2.45) is 4.99 Å². The summed E-state index contributed by atoms with van der Waals surface area (Å²) in [4.78, 5) is 14.7. The molecule has 0 spiro atoms. The summed E-state index contributed by atoms with van der Waals surface area (Å²) >= 11 is 0. The maximum atomic E-state index is 13.4. The van der Waals surface area contributed by atoms with E-state index in [0.717, 1.165) is 12.1 Å². The van der Waals surface area contributed by atoms with Crippen LogP contribution in [0.15, 0.2) is 17.1 Å². The lowest BCUT2D eigenvalue weighted by Crippen LogP contribution is -2.31. The number of nitrogens with one attached hydrogen (secondary N) is 1. The minimum absolute atomic E-state index is 0.222. The summed E-state index contributed by atoms with van der Waals surface area (Å²) in [5.41, 5.74) is 0.973. The fraction of sp³-hybridized carbons (Fsp3) is 0.200. The Balaban J connectivity index is 2.34. The fourth-order valence-corrected chi connectivity index (χ4v) is 1.42. The maximum Gasteiger partial charge on any atom is 0.271 e. The molecule has 1 aromatic rings. The van der Waals surface area contributed by atoms with Gasteiger partial charge in [-0.05, 0) is 12.1 Å². The highest BCUT2D eigenvalue weighted by Gasteiger charge is 2.29. The zero-order valence-corrected chi connectivity index (χ0v) is 8.78. The molecule has 5 nitrogen and oxygen atoms in total. The number of aliphatic imine (C=N–C) groups is 1. The molecule has 96 valence electrons. The number of nitrogens with zero attached hydrogens (tertiary/aromatic N) is 1. The quantitative estimate of drug-likeness (QED) is 0.468. The number of amides is 1. The van der Waals surface area contributed by atoms with Gasteiger partial charge in [-0.1, -0.05) is 0 Å². The lowest BCUT2D eigenvalue weighted by molar-refractivity contribution is -0.130. The maximum absolute atomic E-state index is 13.4. The van der Waals surface area contributed by atoms with Crippen LogP contribution in [0.4, 0.5) is 13.2 Å². The van der Waals surface area contributed by atoms with E-state index in [9.17, 15) is 18.0 Å². The summed E-state index contributed by atoms with van der Waals surface area (Å²) < 4.78 is 44.0. The number of benzene rings is 1. The van der Waals surface area contributed by atoms with Crippen molar-refractivity contribution in [1.82, 2.24) is 5.48 Å². The molecular formula is C10H7F3N2O3. The Bertz CT molecular complexity index is 533. The van der Waals surface area contributed by atoms with E-state index in [4.69, 9.17) is 9.94 Å². The summed E-state index contributed by atoms with van der Waals surface area (Å²) in [6.07, 6.45) is 0. The largest absolute Gasteiger partial charge is 0.475 e. The molecule has 0 radical (unpaired) electrons. The van der Waals surface area contributed by atoms with E-state index in [2.05, 4.69) is 4.99 Å². The van der Waals surface area contributed by atoms with Crippen molar-refractivity contribution in [1.29, 1.82) is 0 Å². The smallest absolute Gasteiger partial charge is 0.271 e. The lowest BCUT2D eigenvalue weighted by atomic mass is 10.2. The summed E-state index contributed by atoms with van der Waals surface area (Å²) in [6.45, 7) is -0.222. The third-order valence-corrected chi connectivity index (χ3v) is 2.33. The van der Waals surface area contributed by atoms with Gasteiger partial charge >= 0.3 is 0 Å². The van der Waals surface area contributed by atoms with E-state index in [-0.39, 0.29) is 18.1 Å². The molecule has 1 amide bonds. The first-order valence-electron chi connectivity index (χ1n) is 4.83. The van der Waals surface area contributed by atoms with Crippen LogP contribution < -0.4 is 5.48 Å². The van der Waals surface area contributed by atoms with E-state index in [1.807, 2.05) is 0 Å². The summed E-state index contributed by atoms with van der Waals surface area (Å²) in [7, 11) is 0. The zero-order chi connectivity index (χ0) is 13.3. The highest BCUT2D eigenvalue weighted by Crippen LogP contribution is 2.19. The number of halogens is 3. The Morgan fingerprint density at radius 2 is 2.11 bits per heavy atom. The minimum Gasteiger partial charge on any atom is -0.475 e. The molecule has 0 bridgehead atoms. The van der Waals surface area contributed by atoms with Crippen LogP contribution in [0, 0.1) is 17.5 Å². The normalized spacial score (nSPS) is 18.2. The van der Waals surface area contributed by atoms with Gasteiger partial charge in [0.15, 0.2) is 23.5 Å². The first-order chi connectivity index (χ1) is 8.54. The molecule has 0 unspecified atom stereocenters. The van der Waals surface area contributed by atoms with Gasteiger partial charge in [-0.3, -0.25) is 10.0 Å². The first-order valence-corrected chi connectivity index (χ1v) is 4.83. The molecule has 1 aliphatic heterocycles. The van der Waals surface area contributed by atoms with Crippen LogP contribution in [0.3, 0.4) is 0 Å². The molecule has 0 aliphatic carbocycles. The van der Waals surface area contributed by atoms with Crippen molar-refractivity contribution in [3.05, 3.63) is 35.1 Å². The highest BCUT2D eigenvalue weighted by atomic mass is 19.2. The van der Waals surface area contributed by atoms with Crippen molar-refractivity contribution in [2.45, 2.75) is 6.04 Å². The Labute approximate surface area is 98.9 Å². The first kappa shape index (κ1) is 12.4.